The summed E-state index contributed by atoms with van der Waals surface area (Å²) >= 11 is 1.15. The molecule has 1 amide bonds. The van der Waals surface area contributed by atoms with E-state index in [4.69, 9.17) is 0 Å². The predicted octanol–water partition coefficient (Wildman–Crippen LogP) is 3.91. The molecule has 0 bridgehead atoms. The molecule has 0 radical (unpaired) electrons. The molecule has 1 aromatic heterocycles. The van der Waals surface area contributed by atoms with Gasteiger partial charge in [-0.1, -0.05) is 36.4 Å². The van der Waals surface area contributed by atoms with Crippen LogP contribution in [-0.2, 0) is 16.4 Å². The van der Waals surface area contributed by atoms with Gasteiger partial charge in [-0.3, -0.25) is 9.52 Å². The van der Waals surface area contributed by atoms with Crippen molar-refractivity contribution in [1.29, 1.82) is 0 Å². The second-order valence-corrected chi connectivity index (χ2v) is 8.82. The van der Waals surface area contributed by atoms with Crippen LogP contribution in [0.3, 0.4) is 0 Å². The fraction of sp³-hybridized carbons (Fsp3) is 0.150. The average molecular weight is 401 g/mol. The first-order valence-corrected chi connectivity index (χ1v) is 10.9. The Hall–Kier alpha value is -2.64. The van der Waals surface area contributed by atoms with E-state index >= 15 is 0 Å². The molecule has 0 saturated heterocycles. The lowest BCUT2D eigenvalue weighted by Crippen LogP contribution is -2.24. The number of hydrogen-bond acceptors (Lipinski definition) is 4. The van der Waals surface area contributed by atoms with Gasteiger partial charge in [-0.25, -0.2) is 8.42 Å². The van der Waals surface area contributed by atoms with E-state index in [0.717, 1.165) is 24.2 Å². The highest BCUT2D eigenvalue weighted by molar-refractivity contribution is 7.94. The van der Waals surface area contributed by atoms with Gasteiger partial charge < -0.3 is 5.32 Å². The number of sulfonamides is 1. The van der Waals surface area contributed by atoms with E-state index in [1.54, 1.807) is 41.8 Å². The number of thiophene rings is 1. The van der Waals surface area contributed by atoms with E-state index in [2.05, 4.69) is 22.2 Å². The Morgan fingerprint density at radius 2 is 1.67 bits per heavy atom. The highest BCUT2D eigenvalue weighted by Crippen LogP contribution is 2.20. The number of aryl methyl sites for hydroxylation is 1. The Bertz CT molecular complexity index is 968. The minimum Gasteiger partial charge on any atom is -0.352 e. The van der Waals surface area contributed by atoms with E-state index in [-0.39, 0.29) is 10.1 Å². The largest absolute Gasteiger partial charge is 0.352 e. The molecule has 0 unspecified atom stereocenters. The number of rotatable bonds is 8. The van der Waals surface area contributed by atoms with Crippen LogP contribution in [0.2, 0.25) is 0 Å². The molecular weight excluding hydrogens is 380 g/mol. The lowest BCUT2D eigenvalue weighted by atomic mass is 10.1. The minimum atomic E-state index is -3.58. The molecule has 27 heavy (non-hydrogen) atoms. The number of carbonyl (C=O) groups is 1. The second-order valence-electron chi connectivity index (χ2n) is 5.96. The average Bonchev–Trinajstić information content (AvgIpc) is 3.22. The SMILES string of the molecule is O=C(NCCCc1ccccc1)c1ccc(NS(=O)(=O)c2cccs2)cc1. The summed E-state index contributed by atoms with van der Waals surface area (Å²) in [6, 6.07) is 19.7. The van der Waals surface area contributed by atoms with Crippen molar-refractivity contribution < 1.29 is 13.2 Å². The molecule has 0 spiro atoms. The summed E-state index contributed by atoms with van der Waals surface area (Å²) in [5, 5.41) is 4.59. The smallest absolute Gasteiger partial charge is 0.271 e. The zero-order chi connectivity index (χ0) is 19.1. The van der Waals surface area contributed by atoms with Gasteiger partial charge in [0.1, 0.15) is 4.21 Å². The van der Waals surface area contributed by atoms with Crippen molar-refractivity contribution in [2.75, 3.05) is 11.3 Å². The quantitative estimate of drug-likeness (QED) is 0.563. The van der Waals surface area contributed by atoms with Crippen LogP contribution in [-0.4, -0.2) is 20.9 Å². The van der Waals surface area contributed by atoms with Crippen LogP contribution in [0.4, 0.5) is 5.69 Å². The third-order valence-corrected chi connectivity index (χ3v) is 6.71. The van der Waals surface area contributed by atoms with E-state index in [1.165, 1.54) is 5.56 Å². The molecule has 0 saturated carbocycles. The molecule has 1 heterocycles. The van der Waals surface area contributed by atoms with Crippen LogP contribution in [0.25, 0.3) is 0 Å². The van der Waals surface area contributed by atoms with Crippen LogP contribution in [0.1, 0.15) is 22.3 Å². The number of benzene rings is 2. The van der Waals surface area contributed by atoms with Crippen molar-refractivity contribution >= 4 is 33.0 Å². The van der Waals surface area contributed by atoms with Gasteiger partial charge >= 0.3 is 0 Å². The first kappa shape index (κ1) is 19.1. The highest BCUT2D eigenvalue weighted by atomic mass is 32.2. The van der Waals surface area contributed by atoms with Crippen molar-refractivity contribution in [3.63, 3.8) is 0 Å². The van der Waals surface area contributed by atoms with Gasteiger partial charge in [-0.05, 0) is 54.1 Å². The number of anilines is 1. The highest BCUT2D eigenvalue weighted by Gasteiger charge is 2.15. The van der Waals surface area contributed by atoms with Crippen molar-refractivity contribution in [1.82, 2.24) is 5.32 Å². The van der Waals surface area contributed by atoms with Crippen LogP contribution in [0.15, 0.2) is 76.3 Å². The van der Waals surface area contributed by atoms with Crippen molar-refractivity contribution in [3.05, 3.63) is 83.2 Å². The van der Waals surface area contributed by atoms with Gasteiger partial charge in [-0.2, -0.15) is 0 Å². The summed E-state index contributed by atoms with van der Waals surface area (Å²) in [5.41, 5.74) is 2.16. The predicted molar refractivity (Wildman–Crippen MR) is 109 cm³/mol. The van der Waals surface area contributed by atoms with Crippen LogP contribution in [0, 0.1) is 0 Å². The van der Waals surface area contributed by atoms with Gasteiger partial charge in [0.15, 0.2) is 0 Å². The van der Waals surface area contributed by atoms with Crippen LogP contribution >= 0.6 is 11.3 Å². The molecule has 140 valence electrons. The van der Waals surface area contributed by atoms with E-state index in [9.17, 15) is 13.2 Å². The third kappa shape index (κ3) is 5.42. The number of nitrogens with one attached hydrogen (secondary N) is 2. The zero-order valence-electron chi connectivity index (χ0n) is 14.6. The van der Waals surface area contributed by atoms with E-state index in [0.29, 0.717) is 17.8 Å². The summed E-state index contributed by atoms with van der Waals surface area (Å²) < 4.78 is 27.1. The Morgan fingerprint density at radius 3 is 2.33 bits per heavy atom. The summed E-state index contributed by atoms with van der Waals surface area (Å²) in [6.07, 6.45) is 1.76. The number of carbonyl (C=O) groups excluding carboxylic acids is 1. The van der Waals surface area contributed by atoms with Crippen molar-refractivity contribution in [3.8, 4) is 0 Å². The van der Waals surface area contributed by atoms with Crippen LogP contribution in [0.5, 0.6) is 0 Å². The summed E-state index contributed by atoms with van der Waals surface area (Å²) in [5.74, 6) is -0.171. The molecule has 0 aliphatic carbocycles. The summed E-state index contributed by atoms with van der Waals surface area (Å²) in [7, 11) is -3.58. The molecule has 0 atom stereocenters. The maximum absolute atomic E-state index is 12.2. The van der Waals surface area contributed by atoms with Gasteiger partial charge in [-0.15, -0.1) is 11.3 Å². The summed E-state index contributed by atoms with van der Waals surface area (Å²) in [4.78, 5) is 12.2. The van der Waals surface area contributed by atoms with Gasteiger partial charge in [0.25, 0.3) is 15.9 Å². The Balaban J connectivity index is 1.50. The lowest BCUT2D eigenvalue weighted by molar-refractivity contribution is 0.0953. The Kier molecular flexibility index (Phi) is 6.26. The molecule has 2 N–H and O–H groups in total. The van der Waals surface area contributed by atoms with Gasteiger partial charge in [0.2, 0.25) is 0 Å². The monoisotopic (exact) mass is 400 g/mol. The topological polar surface area (TPSA) is 75.3 Å². The maximum atomic E-state index is 12.2. The molecule has 3 aromatic rings. The van der Waals surface area contributed by atoms with Gasteiger partial charge in [0, 0.05) is 17.8 Å². The first-order valence-electron chi connectivity index (χ1n) is 8.53. The molecule has 7 heteroatoms. The standard InChI is InChI=1S/C20H20N2O3S2/c23-20(21-14-4-8-16-6-2-1-3-7-16)17-10-12-18(13-11-17)22-27(24,25)19-9-5-15-26-19/h1-3,5-7,9-13,15,22H,4,8,14H2,(H,21,23). The molecule has 3 rings (SSSR count). The first-order chi connectivity index (χ1) is 13.0. The van der Waals surface area contributed by atoms with E-state index < -0.39 is 10.0 Å². The maximum Gasteiger partial charge on any atom is 0.271 e. The number of hydrogen-bond donors (Lipinski definition) is 2. The Labute approximate surface area is 163 Å². The van der Waals surface area contributed by atoms with E-state index in [1.807, 2.05) is 18.2 Å². The van der Waals surface area contributed by atoms with Crippen molar-refractivity contribution in [2.45, 2.75) is 17.1 Å². The molecule has 5 nitrogen and oxygen atoms in total. The molecule has 2 aromatic carbocycles. The molecule has 0 aliphatic heterocycles. The number of amides is 1. The fourth-order valence-corrected chi connectivity index (χ4v) is 4.60. The van der Waals surface area contributed by atoms with Crippen molar-refractivity contribution in [2.24, 2.45) is 0 Å². The van der Waals surface area contributed by atoms with Gasteiger partial charge in [0.05, 0.1) is 0 Å². The molecular formula is C20H20N2O3S2. The Morgan fingerprint density at radius 1 is 0.926 bits per heavy atom. The third-order valence-electron chi connectivity index (χ3n) is 3.93. The second kappa shape index (κ2) is 8.83. The minimum absolute atomic E-state index is 0.171. The normalized spacial score (nSPS) is 11.1. The summed E-state index contributed by atoms with van der Waals surface area (Å²) in [6.45, 7) is 0.584. The molecule has 0 aliphatic rings. The fourth-order valence-electron chi connectivity index (χ4n) is 2.55. The lowest BCUT2D eigenvalue weighted by Gasteiger charge is -2.08. The zero-order valence-corrected chi connectivity index (χ0v) is 16.2. The molecule has 0 fully saturated rings. The van der Waals surface area contributed by atoms with Crippen LogP contribution < -0.4 is 10.0 Å².